The Morgan fingerprint density at radius 3 is 2.04 bits per heavy atom. The summed E-state index contributed by atoms with van der Waals surface area (Å²) in [5.41, 5.74) is 4.71. The Kier molecular flexibility index (Phi) is 3.91. The number of carbonyl (C=O) groups is 1. The first-order valence-corrected chi connectivity index (χ1v) is 8.43. The minimum absolute atomic E-state index is 0.0688. The van der Waals surface area contributed by atoms with Gasteiger partial charge in [0.15, 0.2) is 5.78 Å². The summed E-state index contributed by atoms with van der Waals surface area (Å²) < 4.78 is 0. The van der Waals surface area contributed by atoms with Crippen molar-refractivity contribution in [1.82, 2.24) is 0 Å². The fourth-order valence-electron chi connectivity index (χ4n) is 3.43. The zero-order chi connectivity index (χ0) is 17.2. The van der Waals surface area contributed by atoms with Crippen molar-refractivity contribution in [2.75, 3.05) is 0 Å². The lowest BCUT2D eigenvalue weighted by molar-refractivity contribution is 0.104. The Morgan fingerprint density at radius 2 is 1.32 bits per heavy atom. The molecular formula is C24H18O. The van der Waals surface area contributed by atoms with E-state index in [-0.39, 0.29) is 5.78 Å². The summed E-state index contributed by atoms with van der Waals surface area (Å²) in [7, 11) is 0. The fraction of sp³-hybridized carbons (Fsp3) is 0.0417. The lowest BCUT2D eigenvalue weighted by atomic mass is 9.86. The number of aryl methyl sites for hydroxylation is 1. The van der Waals surface area contributed by atoms with Crippen LogP contribution < -0.4 is 0 Å². The van der Waals surface area contributed by atoms with E-state index in [0.717, 1.165) is 38.6 Å². The molecule has 0 fully saturated rings. The standard InChI is InChI=1S/C24H18O/c1-17-16-20-14-8-9-15-21(20)23(22(17)18-10-4-2-5-11-18)24(25)19-12-6-3-7-13-19/h2-16H,1H3. The van der Waals surface area contributed by atoms with Crippen LogP contribution in [0.2, 0.25) is 0 Å². The molecule has 1 nitrogen and oxygen atoms in total. The highest BCUT2D eigenvalue weighted by molar-refractivity contribution is 6.20. The van der Waals surface area contributed by atoms with E-state index in [9.17, 15) is 4.79 Å². The van der Waals surface area contributed by atoms with Crippen LogP contribution in [0.25, 0.3) is 21.9 Å². The molecular weight excluding hydrogens is 304 g/mol. The SMILES string of the molecule is Cc1cc2ccccc2c(C(=O)c2ccccc2)c1-c1ccccc1. The molecule has 0 N–H and O–H groups in total. The van der Waals surface area contributed by atoms with Gasteiger partial charge in [-0.05, 0) is 34.4 Å². The smallest absolute Gasteiger partial charge is 0.194 e. The van der Waals surface area contributed by atoms with Crippen LogP contribution in [-0.2, 0) is 0 Å². The van der Waals surface area contributed by atoms with Gasteiger partial charge >= 0.3 is 0 Å². The van der Waals surface area contributed by atoms with Crippen LogP contribution in [0, 0.1) is 6.92 Å². The number of fused-ring (bicyclic) bond motifs is 1. The Morgan fingerprint density at radius 1 is 0.720 bits per heavy atom. The predicted molar refractivity (Wildman–Crippen MR) is 104 cm³/mol. The molecule has 25 heavy (non-hydrogen) atoms. The lowest BCUT2D eigenvalue weighted by Crippen LogP contribution is -2.06. The number of hydrogen-bond acceptors (Lipinski definition) is 1. The number of ketones is 1. The third kappa shape index (κ3) is 2.74. The average molecular weight is 322 g/mol. The molecule has 0 spiro atoms. The molecule has 0 heterocycles. The summed E-state index contributed by atoms with van der Waals surface area (Å²) in [5, 5.41) is 2.10. The van der Waals surface area contributed by atoms with Crippen molar-refractivity contribution >= 4 is 16.6 Å². The van der Waals surface area contributed by atoms with E-state index >= 15 is 0 Å². The summed E-state index contributed by atoms with van der Waals surface area (Å²) in [6, 6.07) is 30.0. The quantitative estimate of drug-likeness (QED) is 0.420. The molecule has 1 heteroatoms. The Balaban J connectivity index is 2.08. The molecule has 0 radical (unpaired) electrons. The Hall–Kier alpha value is -3.19. The maximum absolute atomic E-state index is 13.4. The van der Waals surface area contributed by atoms with Crippen molar-refractivity contribution in [2.45, 2.75) is 6.92 Å². The Bertz CT molecular complexity index is 1050. The van der Waals surface area contributed by atoms with Crippen LogP contribution >= 0.6 is 0 Å². The zero-order valence-corrected chi connectivity index (χ0v) is 14.1. The van der Waals surface area contributed by atoms with Crippen LogP contribution in [0.4, 0.5) is 0 Å². The van der Waals surface area contributed by atoms with Gasteiger partial charge in [-0.1, -0.05) is 91.0 Å². The maximum Gasteiger partial charge on any atom is 0.194 e. The number of rotatable bonds is 3. The molecule has 0 aromatic heterocycles. The van der Waals surface area contributed by atoms with Crippen molar-refractivity contribution in [1.29, 1.82) is 0 Å². The molecule has 0 atom stereocenters. The molecule has 0 saturated heterocycles. The first kappa shape index (κ1) is 15.3. The average Bonchev–Trinajstić information content (AvgIpc) is 2.67. The lowest BCUT2D eigenvalue weighted by Gasteiger charge is -2.16. The van der Waals surface area contributed by atoms with Crippen LogP contribution in [0.15, 0.2) is 91.0 Å². The van der Waals surface area contributed by atoms with Gasteiger partial charge in [0.25, 0.3) is 0 Å². The molecule has 0 saturated carbocycles. The van der Waals surface area contributed by atoms with Gasteiger partial charge in [-0.15, -0.1) is 0 Å². The first-order chi connectivity index (χ1) is 12.3. The summed E-state index contributed by atoms with van der Waals surface area (Å²) in [6.45, 7) is 2.08. The Labute approximate surface area is 147 Å². The van der Waals surface area contributed by atoms with E-state index in [1.165, 1.54) is 0 Å². The molecule has 0 aliphatic carbocycles. The molecule has 120 valence electrons. The molecule has 0 aliphatic heterocycles. The third-order valence-corrected chi connectivity index (χ3v) is 4.57. The van der Waals surface area contributed by atoms with Crippen molar-refractivity contribution in [3.05, 3.63) is 108 Å². The summed E-state index contributed by atoms with van der Waals surface area (Å²) in [5.74, 6) is 0.0688. The monoisotopic (exact) mass is 322 g/mol. The highest BCUT2D eigenvalue weighted by atomic mass is 16.1. The summed E-state index contributed by atoms with van der Waals surface area (Å²) in [4.78, 5) is 13.4. The molecule has 4 rings (SSSR count). The highest BCUT2D eigenvalue weighted by Crippen LogP contribution is 2.35. The molecule has 4 aromatic rings. The second-order valence-corrected chi connectivity index (χ2v) is 6.23. The van der Waals surface area contributed by atoms with E-state index in [1.54, 1.807) is 0 Å². The highest BCUT2D eigenvalue weighted by Gasteiger charge is 2.20. The van der Waals surface area contributed by atoms with Crippen LogP contribution in [0.5, 0.6) is 0 Å². The van der Waals surface area contributed by atoms with Crippen LogP contribution in [-0.4, -0.2) is 5.78 Å². The largest absolute Gasteiger partial charge is 0.289 e. The number of carbonyl (C=O) groups excluding carboxylic acids is 1. The topological polar surface area (TPSA) is 17.1 Å². The number of hydrogen-bond donors (Lipinski definition) is 0. The summed E-state index contributed by atoms with van der Waals surface area (Å²) in [6.07, 6.45) is 0. The molecule has 0 bridgehead atoms. The van der Waals surface area contributed by atoms with Gasteiger partial charge < -0.3 is 0 Å². The first-order valence-electron chi connectivity index (χ1n) is 8.43. The van der Waals surface area contributed by atoms with Gasteiger partial charge in [-0.2, -0.15) is 0 Å². The predicted octanol–water partition coefficient (Wildman–Crippen LogP) is 6.05. The fourth-order valence-corrected chi connectivity index (χ4v) is 3.43. The minimum Gasteiger partial charge on any atom is -0.289 e. The maximum atomic E-state index is 13.4. The third-order valence-electron chi connectivity index (χ3n) is 4.57. The van der Waals surface area contributed by atoms with Gasteiger partial charge in [0.2, 0.25) is 0 Å². The van der Waals surface area contributed by atoms with E-state index in [0.29, 0.717) is 0 Å². The van der Waals surface area contributed by atoms with Gasteiger partial charge in [0, 0.05) is 11.1 Å². The van der Waals surface area contributed by atoms with Crippen LogP contribution in [0.1, 0.15) is 21.5 Å². The van der Waals surface area contributed by atoms with E-state index in [1.807, 2.05) is 66.7 Å². The van der Waals surface area contributed by atoms with Crippen molar-refractivity contribution < 1.29 is 4.79 Å². The van der Waals surface area contributed by atoms with Crippen molar-refractivity contribution in [3.63, 3.8) is 0 Å². The van der Waals surface area contributed by atoms with E-state index in [2.05, 4.69) is 31.2 Å². The summed E-state index contributed by atoms with van der Waals surface area (Å²) >= 11 is 0. The number of benzene rings is 4. The van der Waals surface area contributed by atoms with Gasteiger partial charge in [-0.25, -0.2) is 0 Å². The zero-order valence-electron chi connectivity index (χ0n) is 14.1. The van der Waals surface area contributed by atoms with E-state index in [4.69, 9.17) is 0 Å². The van der Waals surface area contributed by atoms with Gasteiger partial charge in [-0.3, -0.25) is 4.79 Å². The van der Waals surface area contributed by atoms with Crippen molar-refractivity contribution in [2.24, 2.45) is 0 Å². The normalized spacial score (nSPS) is 10.8. The van der Waals surface area contributed by atoms with Gasteiger partial charge in [0.05, 0.1) is 0 Å². The van der Waals surface area contributed by atoms with Crippen molar-refractivity contribution in [3.8, 4) is 11.1 Å². The molecule has 0 aliphatic rings. The molecule has 0 amide bonds. The second kappa shape index (κ2) is 6.37. The minimum atomic E-state index is 0.0688. The molecule has 4 aromatic carbocycles. The van der Waals surface area contributed by atoms with Gasteiger partial charge in [0.1, 0.15) is 0 Å². The second-order valence-electron chi connectivity index (χ2n) is 6.23. The van der Waals surface area contributed by atoms with Crippen LogP contribution in [0.3, 0.4) is 0 Å². The van der Waals surface area contributed by atoms with E-state index < -0.39 is 0 Å². The molecule has 0 unspecified atom stereocenters.